The van der Waals surface area contributed by atoms with Gasteiger partial charge in [0, 0.05) is 19.4 Å². The average molecular weight is 256 g/mol. The van der Waals surface area contributed by atoms with Gasteiger partial charge in [-0.3, -0.25) is 9.59 Å². The van der Waals surface area contributed by atoms with E-state index in [1.54, 1.807) is 0 Å². The molecule has 0 bridgehead atoms. The van der Waals surface area contributed by atoms with Gasteiger partial charge in [0.05, 0.1) is 0 Å². The number of hydrogen-bond donors (Lipinski definition) is 2. The Hall–Kier alpha value is -1.32. The van der Waals surface area contributed by atoms with E-state index in [2.05, 4.69) is 12.2 Å². The van der Waals surface area contributed by atoms with Gasteiger partial charge >= 0.3 is 0 Å². The van der Waals surface area contributed by atoms with Gasteiger partial charge in [0.1, 0.15) is 0 Å². The predicted octanol–water partition coefficient (Wildman–Crippen LogP) is 2.53. The summed E-state index contributed by atoms with van der Waals surface area (Å²) in [5.41, 5.74) is 4.94. The summed E-state index contributed by atoms with van der Waals surface area (Å²) in [5, 5.41) is 2.57. The maximum atomic E-state index is 10.3. The molecule has 3 N–H and O–H groups in total. The second-order valence-electron chi connectivity index (χ2n) is 3.74. The molecule has 1 aliphatic heterocycles. The first kappa shape index (κ1) is 19.0. The van der Waals surface area contributed by atoms with Gasteiger partial charge in [0.2, 0.25) is 11.8 Å². The molecule has 0 radical (unpaired) electrons. The first-order chi connectivity index (χ1) is 8.66. The molecule has 1 rings (SSSR count). The summed E-state index contributed by atoms with van der Waals surface area (Å²) in [7, 11) is 0. The number of carbonyl (C=O) groups excluding carboxylic acids is 2. The fourth-order valence-electron chi connectivity index (χ4n) is 1.06. The largest absolute Gasteiger partial charge is 0.369 e. The lowest BCUT2D eigenvalue weighted by molar-refractivity contribution is -0.125. The van der Waals surface area contributed by atoms with Crippen LogP contribution in [0.1, 0.15) is 59.3 Å². The van der Waals surface area contributed by atoms with Crippen molar-refractivity contribution in [3.05, 3.63) is 12.2 Å². The minimum Gasteiger partial charge on any atom is -0.369 e. The Bertz CT molecular complexity index is 232. The molecule has 0 aliphatic carbocycles. The summed E-state index contributed by atoms with van der Waals surface area (Å²) >= 11 is 0. The summed E-state index contributed by atoms with van der Waals surface area (Å²) in [6.07, 6.45) is 9.78. The van der Waals surface area contributed by atoms with Gasteiger partial charge in [-0.25, -0.2) is 0 Å². The summed E-state index contributed by atoms with van der Waals surface area (Å²) < 4.78 is 0. The molecule has 0 aromatic carbocycles. The molecule has 1 saturated heterocycles. The molecule has 4 heteroatoms. The molecule has 1 fully saturated rings. The number of allylic oxidation sites excluding steroid dienone is 1. The van der Waals surface area contributed by atoms with Crippen LogP contribution in [0.5, 0.6) is 0 Å². The first-order valence-electron chi connectivity index (χ1n) is 6.86. The van der Waals surface area contributed by atoms with Crippen LogP contribution in [0.15, 0.2) is 12.2 Å². The van der Waals surface area contributed by atoms with E-state index in [1.807, 2.05) is 26.0 Å². The number of carbonyl (C=O) groups is 2. The van der Waals surface area contributed by atoms with Gasteiger partial charge in [0.15, 0.2) is 0 Å². The lowest BCUT2D eigenvalue weighted by atomic mass is 10.2. The van der Waals surface area contributed by atoms with E-state index in [9.17, 15) is 9.59 Å². The fraction of sp³-hybridized carbons (Fsp3) is 0.714. The Morgan fingerprint density at radius 3 is 2.22 bits per heavy atom. The van der Waals surface area contributed by atoms with E-state index in [4.69, 9.17) is 5.73 Å². The normalized spacial score (nSPS) is 12.5. The second-order valence-corrected chi connectivity index (χ2v) is 3.74. The van der Waals surface area contributed by atoms with Crippen LogP contribution in [0.4, 0.5) is 0 Å². The zero-order valence-electron chi connectivity index (χ0n) is 12.0. The van der Waals surface area contributed by atoms with Crippen molar-refractivity contribution in [3.8, 4) is 0 Å². The molecular weight excluding hydrogens is 228 g/mol. The van der Waals surface area contributed by atoms with Crippen LogP contribution in [0.3, 0.4) is 0 Å². The Balaban J connectivity index is 0. The van der Waals surface area contributed by atoms with Crippen molar-refractivity contribution in [2.75, 3.05) is 6.54 Å². The highest BCUT2D eigenvalue weighted by molar-refractivity contribution is 5.81. The molecular formula is C14H28N2O2. The van der Waals surface area contributed by atoms with Crippen molar-refractivity contribution in [2.24, 2.45) is 5.73 Å². The molecule has 0 aromatic heterocycles. The zero-order chi connectivity index (χ0) is 14.2. The van der Waals surface area contributed by atoms with E-state index >= 15 is 0 Å². The van der Waals surface area contributed by atoms with Gasteiger partial charge in [-0.15, -0.1) is 0 Å². The summed E-state index contributed by atoms with van der Waals surface area (Å²) in [6.45, 7) is 7.06. The number of amides is 2. The minimum atomic E-state index is -0.253. The van der Waals surface area contributed by atoms with Crippen molar-refractivity contribution in [3.63, 3.8) is 0 Å². The number of nitrogens with two attached hydrogens (primary N) is 1. The Morgan fingerprint density at radius 1 is 1.33 bits per heavy atom. The quantitative estimate of drug-likeness (QED) is 0.435. The zero-order valence-corrected chi connectivity index (χ0v) is 12.0. The van der Waals surface area contributed by atoms with Gasteiger partial charge in [0.25, 0.3) is 0 Å². The van der Waals surface area contributed by atoms with Crippen molar-refractivity contribution < 1.29 is 9.59 Å². The van der Waals surface area contributed by atoms with Gasteiger partial charge in [-0.2, -0.15) is 0 Å². The highest BCUT2D eigenvalue weighted by Gasteiger charge is 2.07. The van der Waals surface area contributed by atoms with Crippen LogP contribution >= 0.6 is 0 Å². The maximum Gasteiger partial charge on any atom is 0.221 e. The number of primary amides is 1. The lowest BCUT2D eigenvalue weighted by Crippen LogP contribution is -2.37. The Kier molecular flexibility index (Phi) is 16.6. The van der Waals surface area contributed by atoms with Crippen molar-refractivity contribution >= 4 is 11.8 Å². The second kappa shape index (κ2) is 15.7. The van der Waals surface area contributed by atoms with Crippen LogP contribution < -0.4 is 11.1 Å². The molecule has 2 amide bonds. The van der Waals surface area contributed by atoms with E-state index in [0.29, 0.717) is 6.42 Å². The molecule has 1 heterocycles. The first-order valence-corrected chi connectivity index (χ1v) is 6.86. The summed E-state index contributed by atoms with van der Waals surface area (Å²) in [5.74, 6) is -0.0678. The lowest BCUT2D eigenvalue weighted by Gasteiger charge is -2.10. The maximum absolute atomic E-state index is 10.3. The number of unbranched alkanes of at least 4 members (excludes halogenated alkanes) is 3. The number of hydrogen-bond acceptors (Lipinski definition) is 2. The molecule has 0 atom stereocenters. The topological polar surface area (TPSA) is 72.2 Å². The third-order valence-electron chi connectivity index (χ3n) is 2.13. The van der Waals surface area contributed by atoms with E-state index in [-0.39, 0.29) is 11.8 Å². The number of rotatable bonds is 6. The van der Waals surface area contributed by atoms with Crippen molar-refractivity contribution in [1.82, 2.24) is 5.32 Å². The van der Waals surface area contributed by atoms with E-state index < -0.39 is 0 Å². The van der Waals surface area contributed by atoms with E-state index in [0.717, 1.165) is 19.4 Å². The standard InChI is InChI=1S/C9H17NO.C3H5NO.C2H6/c1-2-3-4-5-6-7-8-9(10)11;5-3-1-2-4-3;1-2/h6-7H,2-5,8H2,1H3,(H2,10,11);1-2H2,(H,4,5);1-2H3/b7-6-;;. The fourth-order valence-corrected chi connectivity index (χ4v) is 1.06. The molecule has 4 nitrogen and oxygen atoms in total. The Labute approximate surface area is 111 Å². The highest BCUT2D eigenvalue weighted by Crippen LogP contribution is 1.99. The number of β-lactam (4-membered cyclic amide) rings is 1. The molecule has 1 aliphatic rings. The van der Waals surface area contributed by atoms with E-state index in [1.165, 1.54) is 19.3 Å². The van der Waals surface area contributed by atoms with Gasteiger partial charge in [-0.1, -0.05) is 45.8 Å². The van der Waals surface area contributed by atoms with Crippen LogP contribution in [0.2, 0.25) is 0 Å². The molecule has 106 valence electrons. The van der Waals surface area contributed by atoms with Crippen molar-refractivity contribution in [1.29, 1.82) is 0 Å². The summed E-state index contributed by atoms with van der Waals surface area (Å²) in [6, 6.07) is 0. The average Bonchev–Trinajstić information content (AvgIpc) is 2.34. The monoisotopic (exact) mass is 256 g/mol. The SMILES string of the molecule is CC.CCCCC/C=C\CC(N)=O.O=C1CCN1. The predicted molar refractivity (Wildman–Crippen MR) is 76.1 cm³/mol. The van der Waals surface area contributed by atoms with Crippen LogP contribution in [0, 0.1) is 0 Å². The molecule has 0 aromatic rings. The molecule has 0 spiro atoms. The Morgan fingerprint density at radius 2 is 1.89 bits per heavy atom. The summed E-state index contributed by atoms with van der Waals surface area (Å²) in [4.78, 5) is 20.0. The van der Waals surface area contributed by atoms with Crippen LogP contribution in [-0.4, -0.2) is 18.4 Å². The smallest absolute Gasteiger partial charge is 0.221 e. The third-order valence-corrected chi connectivity index (χ3v) is 2.13. The molecule has 0 unspecified atom stereocenters. The molecule has 0 saturated carbocycles. The van der Waals surface area contributed by atoms with Crippen LogP contribution in [-0.2, 0) is 9.59 Å². The van der Waals surface area contributed by atoms with Crippen molar-refractivity contribution in [2.45, 2.75) is 59.3 Å². The molecule has 18 heavy (non-hydrogen) atoms. The van der Waals surface area contributed by atoms with Gasteiger partial charge < -0.3 is 11.1 Å². The van der Waals surface area contributed by atoms with Gasteiger partial charge in [-0.05, 0) is 12.8 Å². The van der Waals surface area contributed by atoms with Crippen LogP contribution in [0.25, 0.3) is 0 Å². The highest BCUT2D eigenvalue weighted by atomic mass is 16.2. The third kappa shape index (κ3) is 17.1. The minimum absolute atomic E-state index is 0.185. The number of nitrogens with one attached hydrogen (secondary N) is 1.